The Morgan fingerprint density at radius 3 is 2.77 bits per heavy atom. The van der Waals surface area contributed by atoms with Crippen LogP contribution >= 0.6 is 0 Å². The topological polar surface area (TPSA) is 64.3 Å². The van der Waals surface area contributed by atoms with Crippen molar-refractivity contribution < 1.29 is 9.26 Å². The smallest absolute Gasteiger partial charge is 0.244 e. The van der Waals surface area contributed by atoms with Crippen LogP contribution in [0, 0.1) is 6.92 Å². The Morgan fingerprint density at radius 2 is 2.04 bits per heavy atom. The molecule has 1 fully saturated rings. The van der Waals surface area contributed by atoms with Gasteiger partial charge in [0.15, 0.2) is 0 Å². The average molecular weight is 350 g/mol. The summed E-state index contributed by atoms with van der Waals surface area (Å²) in [5.41, 5.74) is 3.41. The maximum atomic E-state index is 5.58. The van der Waals surface area contributed by atoms with Crippen molar-refractivity contribution in [3.63, 3.8) is 0 Å². The van der Waals surface area contributed by atoms with Crippen LogP contribution in [-0.2, 0) is 6.54 Å². The van der Waals surface area contributed by atoms with E-state index in [1.807, 2.05) is 6.07 Å². The van der Waals surface area contributed by atoms with Crippen molar-refractivity contribution in [1.29, 1.82) is 0 Å². The number of nitrogens with zero attached hydrogens (tertiary/aromatic N) is 4. The van der Waals surface area contributed by atoms with Gasteiger partial charge in [0.25, 0.3) is 0 Å². The summed E-state index contributed by atoms with van der Waals surface area (Å²) in [6.45, 7) is 4.05. The van der Waals surface area contributed by atoms with Gasteiger partial charge in [-0.25, -0.2) is 4.98 Å². The number of aromatic nitrogens is 3. The summed E-state index contributed by atoms with van der Waals surface area (Å²) in [5, 5.41) is 4.15. The molecule has 0 unspecified atom stereocenters. The molecular formula is C20H22N4O2. The monoisotopic (exact) mass is 350 g/mol. The lowest BCUT2D eigenvalue weighted by Crippen LogP contribution is -2.23. The normalized spacial score (nSPS) is 17.5. The minimum Gasteiger partial charge on any atom is -0.481 e. The number of benzene rings is 1. The van der Waals surface area contributed by atoms with Gasteiger partial charge in [0, 0.05) is 24.4 Å². The molecule has 6 nitrogen and oxygen atoms in total. The van der Waals surface area contributed by atoms with Crippen LogP contribution in [0.3, 0.4) is 0 Å². The van der Waals surface area contributed by atoms with E-state index in [1.54, 1.807) is 19.4 Å². The second-order valence-electron chi connectivity index (χ2n) is 6.66. The molecule has 0 aliphatic carbocycles. The van der Waals surface area contributed by atoms with Gasteiger partial charge in [-0.1, -0.05) is 35.0 Å². The van der Waals surface area contributed by atoms with Gasteiger partial charge >= 0.3 is 0 Å². The molecule has 1 aliphatic heterocycles. The fourth-order valence-corrected chi connectivity index (χ4v) is 3.34. The van der Waals surface area contributed by atoms with Crippen LogP contribution in [0.15, 0.2) is 47.1 Å². The highest BCUT2D eigenvalue weighted by molar-refractivity contribution is 5.53. The second-order valence-corrected chi connectivity index (χ2v) is 6.66. The molecule has 6 heteroatoms. The largest absolute Gasteiger partial charge is 0.481 e. The van der Waals surface area contributed by atoms with Crippen molar-refractivity contribution >= 4 is 0 Å². The van der Waals surface area contributed by atoms with Gasteiger partial charge in [-0.05, 0) is 37.9 Å². The number of ether oxygens (including phenoxy) is 1. The summed E-state index contributed by atoms with van der Waals surface area (Å²) in [5.74, 6) is 1.82. The van der Waals surface area contributed by atoms with Crippen molar-refractivity contribution in [3.8, 4) is 17.3 Å². The summed E-state index contributed by atoms with van der Waals surface area (Å²) in [4.78, 5) is 11.2. The molecule has 1 atom stereocenters. The molecule has 26 heavy (non-hydrogen) atoms. The third-order valence-corrected chi connectivity index (χ3v) is 4.80. The zero-order valence-electron chi connectivity index (χ0n) is 15.1. The van der Waals surface area contributed by atoms with Gasteiger partial charge in [-0.15, -0.1) is 0 Å². The molecule has 3 aromatic rings. The molecule has 134 valence electrons. The summed E-state index contributed by atoms with van der Waals surface area (Å²) in [6, 6.07) is 12.5. The van der Waals surface area contributed by atoms with E-state index in [0.717, 1.165) is 31.5 Å². The average Bonchev–Trinajstić information content (AvgIpc) is 3.33. The highest BCUT2D eigenvalue weighted by atomic mass is 16.5. The van der Waals surface area contributed by atoms with Crippen molar-refractivity contribution in [2.75, 3.05) is 13.7 Å². The molecule has 0 N–H and O–H groups in total. The number of hydrogen-bond acceptors (Lipinski definition) is 6. The highest BCUT2D eigenvalue weighted by Gasteiger charge is 2.30. The van der Waals surface area contributed by atoms with Crippen molar-refractivity contribution in [3.05, 3.63) is 59.6 Å². The van der Waals surface area contributed by atoms with Crippen LogP contribution < -0.4 is 4.74 Å². The number of pyridine rings is 1. The van der Waals surface area contributed by atoms with Crippen LogP contribution in [0.25, 0.3) is 11.4 Å². The minimum absolute atomic E-state index is 0.170. The number of rotatable bonds is 5. The van der Waals surface area contributed by atoms with E-state index < -0.39 is 0 Å². The number of aryl methyl sites for hydroxylation is 1. The van der Waals surface area contributed by atoms with E-state index in [-0.39, 0.29) is 6.04 Å². The van der Waals surface area contributed by atoms with E-state index in [4.69, 9.17) is 9.26 Å². The molecule has 2 aromatic heterocycles. The predicted molar refractivity (Wildman–Crippen MR) is 97.6 cm³/mol. The maximum Gasteiger partial charge on any atom is 0.244 e. The molecule has 1 aliphatic rings. The highest BCUT2D eigenvalue weighted by Crippen LogP contribution is 2.33. The molecule has 0 bridgehead atoms. The van der Waals surface area contributed by atoms with Gasteiger partial charge in [0.05, 0.1) is 13.2 Å². The van der Waals surface area contributed by atoms with E-state index in [9.17, 15) is 0 Å². The maximum absolute atomic E-state index is 5.58. The summed E-state index contributed by atoms with van der Waals surface area (Å²) in [7, 11) is 1.59. The Labute approximate surface area is 152 Å². The van der Waals surface area contributed by atoms with Gasteiger partial charge in [-0.3, -0.25) is 4.90 Å². The van der Waals surface area contributed by atoms with Gasteiger partial charge in [0.2, 0.25) is 17.6 Å². The third kappa shape index (κ3) is 3.46. The molecule has 4 rings (SSSR count). The quantitative estimate of drug-likeness (QED) is 0.698. The van der Waals surface area contributed by atoms with Gasteiger partial charge in [0.1, 0.15) is 0 Å². The minimum atomic E-state index is 0.170. The van der Waals surface area contributed by atoms with Crippen molar-refractivity contribution in [2.45, 2.75) is 32.4 Å². The first-order valence-electron chi connectivity index (χ1n) is 8.86. The van der Waals surface area contributed by atoms with Crippen LogP contribution in [0.5, 0.6) is 5.88 Å². The summed E-state index contributed by atoms with van der Waals surface area (Å²) in [6.07, 6.45) is 3.87. The Bertz CT molecular complexity index is 858. The van der Waals surface area contributed by atoms with Crippen LogP contribution in [0.2, 0.25) is 0 Å². The van der Waals surface area contributed by atoms with Crippen molar-refractivity contribution in [2.24, 2.45) is 0 Å². The zero-order chi connectivity index (χ0) is 17.9. The van der Waals surface area contributed by atoms with E-state index >= 15 is 0 Å². The first kappa shape index (κ1) is 16.7. The lowest BCUT2D eigenvalue weighted by Gasteiger charge is -2.21. The Morgan fingerprint density at radius 1 is 1.19 bits per heavy atom. The van der Waals surface area contributed by atoms with Gasteiger partial charge < -0.3 is 9.26 Å². The molecule has 0 saturated carbocycles. The Kier molecular flexibility index (Phi) is 4.67. The Balaban J connectivity index is 1.51. The molecule has 1 aromatic carbocycles. The molecular weight excluding hydrogens is 328 g/mol. The Hall–Kier alpha value is -2.73. The molecule has 1 saturated heterocycles. The van der Waals surface area contributed by atoms with E-state index in [2.05, 4.69) is 51.2 Å². The fraction of sp³-hybridized carbons (Fsp3) is 0.350. The summed E-state index contributed by atoms with van der Waals surface area (Å²) < 4.78 is 10.7. The number of likely N-dealkylation sites (tertiary alicyclic amines) is 1. The summed E-state index contributed by atoms with van der Waals surface area (Å²) >= 11 is 0. The van der Waals surface area contributed by atoms with Gasteiger partial charge in [-0.2, -0.15) is 4.98 Å². The van der Waals surface area contributed by atoms with E-state index in [1.165, 1.54) is 11.1 Å². The van der Waals surface area contributed by atoms with Crippen LogP contribution in [0.4, 0.5) is 0 Å². The van der Waals surface area contributed by atoms with Crippen LogP contribution in [-0.4, -0.2) is 33.7 Å². The first-order chi connectivity index (χ1) is 12.7. The van der Waals surface area contributed by atoms with Crippen molar-refractivity contribution in [1.82, 2.24) is 20.0 Å². The molecule has 0 spiro atoms. The standard InChI is InChI=1S/C20H22N4O2/c1-14-5-7-15(8-6-14)13-24-11-3-4-17(24)20-22-19(23-26-20)16-9-10-18(25-2)21-12-16/h5-10,12,17H,3-4,11,13H2,1-2H3/t17-/m0/s1. The number of methoxy groups -OCH3 is 1. The van der Waals surface area contributed by atoms with E-state index in [0.29, 0.717) is 17.6 Å². The zero-order valence-corrected chi connectivity index (χ0v) is 15.1. The third-order valence-electron chi connectivity index (χ3n) is 4.80. The lowest BCUT2D eigenvalue weighted by molar-refractivity contribution is 0.201. The SMILES string of the molecule is COc1ccc(-c2noc([C@@H]3CCCN3Cc3ccc(C)cc3)n2)cn1. The first-order valence-corrected chi connectivity index (χ1v) is 8.86. The van der Waals surface area contributed by atoms with Crippen LogP contribution in [0.1, 0.15) is 35.9 Å². The lowest BCUT2D eigenvalue weighted by atomic mass is 10.1. The fourth-order valence-electron chi connectivity index (χ4n) is 3.34. The second kappa shape index (κ2) is 7.25. The molecule has 3 heterocycles. The number of hydrogen-bond donors (Lipinski definition) is 0. The molecule has 0 amide bonds. The molecule has 0 radical (unpaired) electrons. The predicted octanol–water partition coefficient (Wildman–Crippen LogP) is 3.79.